The minimum Gasteiger partial charge on any atom is -0.350 e. The third-order valence-electron chi connectivity index (χ3n) is 3.86. The number of halogens is 3. The summed E-state index contributed by atoms with van der Waals surface area (Å²) in [6, 6.07) is 9.25. The molecule has 0 bridgehead atoms. The van der Waals surface area contributed by atoms with Crippen LogP contribution in [0.2, 0.25) is 5.02 Å². The van der Waals surface area contributed by atoms with Gasteiger partial charge in [0, 0.05) is 18.7 Å². The maximum atomic E-state index is 13.7. The highest BCUT2D eigenvalue weighted by molar-refractivity contribution is 8.18. The van der Waals surface area contributed by atoms with Crippen LogP contribution in [0, 0.1) is 11.6 Å². The van der Waals surface area contributed by atoms with Gasteiger partial charge in [-0.1, -0.05) is 29.8 Å². The monoisotopic (exact) mass is 422 g/mol. The first-order valence-electron chi connectivity index (χ1n) is 8.10. The van der Waals surface area contributed by atoms with Crippen LogP contribution < -0.4 is 5.32 Å². The molecule has 0 spiro atoms. The van der Waals surface area contributed by atoms with Crippen LogP contribution in [0.3, 0.4) is 0 Å². The van der Waals surface area contributed by atoms with Crippen LogP contribution in [0.5, 0.6) is 0 Å². The van der Waals surface area contributed by atoms with Gasteiger partial charge in [0.25, 0.3) is 17.1 Å². The number of nitrogens with zero attached hydrogens (tertiary/aromatic N) is 1. The van der Waals surface area contributed by atoms with Gasteiger partial charge in [0.15, 0.2) is 0 Å². The zero-order valence-corrected chi connectivity index (χ0v) is 15.8. The minimum absolute atomic E-state index is 0.0163. The fraction of sp³-hybridized carbons (Fsp3) is 0.105. The Balaban J connectivity index is 1.62. The van der Waals surface area contributed by atoms with Crippen molar-refractivity contribution in [1.82, 2.24) is 10.2 Å². The van der Waals surface area contributed by atoms with Gasteiger partial charge >= 0.3 is 0 Å². The van der Waals surface area contributed by atoms with Gasteiger partial charge in [0.2, 0.25) is 0 Å². The average Bonchev–Trinajstić information content (AvgIpc) is 2.91. The van der Waals surface area contributed by atoms with Gasteiger partial charge in [0.05, 0.1) is 15.5 Å². The molecule has 144 valence electrons. The van der Waals surface area contributed by atoms with Crippen LogP contribution in [-0.4, -0.2) is 35.0 Å². The van der Waals surface area contributed by atoms with Crippen molar-refractivity contribution in [1.29, 1.82) is 0 Å². The first-order valence-corrected chi connectivity index (χ1v) is 9.29. The number of rotatable bonds is 5. The highest BCUT2D eigenvalue weighted by Gasteiger charge is 2.34. The molecule has 0 atom stereocenters. The Hall–Kier alpha value is -2.71. The summed E-state index contributed by atoms with van der Waals surface area (Å²) >= 11 is 6.53. The van der Waals surface area contributed by atoms with Crippen molar-refractivity contribution in [2.45, 2.75) is 0 Å². The Morgan fingerprint density at radius 3 is 2.64 bits per heavy atom. The molecule has 3 rings (SSSR count). The molecule has 3 amide bonds. The van der Waals surface area contributed by atoms with Crippen LogP contribution in [0.15, 0.2) is 47.4 Å². The second kappa shape index (κ2) is 8.53. The number of benzene rings is 2. The van der Waals surface area contributed by atoms with Gasteiger partial charge in [-0.15, -0.1) is 0 Å². The van der Waals surface area contributed by atoms with E-state index >= 15 is 0 Å². The van der Waals surface area contributed by atoms with Crippen molar-refractivity contribution < 1.29 is 23.2 Å². The van der Waals surface area contributed by atoms with Crippen LogP contribution in [0.25, 0.3) is 6.08 Å². The fourth-order valence-electron chi connectivity index (χ4n) is 2.48. The van der Waals surface area contributed by atoms with Crippen molar-refractivity contribution in [2.24, 2.45) is 0 Å². The van der Waals surface area contributed by atoms with Gasteiger partial charge < -0.3 is 5.32 Å². The Kier molecular flexibility index (Phi) is 6.11. The first-order chi connectivity index (χ1) is 13.4. The molecule has 1 fully saturated rings. The Labute approximate surface area is 168 Å². The molecule has 1 N–H and O–H groups in total. The minimum atomic E-state index is -0.569. The Morgan fingerprint density at radius 1 is 1.18 bits per heavy atom. The van der Waals surface area contributed by atoms with Crippen LogP contribution in [0.4, 0.5) is 13.6 Å². The first kappa shape index (κ1) is 20.0. The van der Waals surface area contributed by atoms with E-state index in [0.29, 0.717) is 11.8 Å². The lowest BCUT2D eigenvalue weighted by molar-refractivity contribution is -0.122. The van der Waals surface area contributed by atoms with Gasteiger partial charge in [-0.25, -0.2) is 8.78 Å². The predicted molar refractivity (Wildman–Crippen MR) is 103 cm³/mol. The third-order valence-corrected chi connectivity index (χ3v) is 5.08. The van der Waals surface area contributed by atoms with E-state index in [-0.39, 0.29) is 34.1 Å². The molecule has 0 saturated carbocycles. The third kappa shape index (κ3) is 4.40. The molecule has 2 aromatic carbocycles. The van der Waals surface area contributed by atoms with Crippen molar-refractivity contribution in [3.8, 4) is 0 Å². The normalized spacial score (nSPS) is 15.4. The molecule has 9 heteroatoms. The number of hydrogen-bond acceptors (Lipinski definition) is 4. The number of nitrogens with one attached hydrogen (secondary N) is 1. The lowest BCUT2D eigenvalue weighted by atomic mass is 10.2. The largest absolute Gasteiger partial charge is 0.350 e. The molecule has 0 radical (unpaired) electrons. The number of carbonyl (C=O) groups excluding carboxylic acids is 3. The summed E-state index contributed by atoms with van der Waals surface area (Å²) in [6.07, 6.45) is 1.32. The maximum absolute atomic E-state index is 13.7. The van der Waals surface area contributed by atoms with Gasteiger partial charge in [-0.05, 0) is 42.1 Å². The molecule has 0 aromatic heterocycles. The molecular weight excluding hydrogens is 410 g/mol. The summed E-state index contributed by atoms with van der Waals surface area (Å²) in [6.45, 7) is -0.0820. The second-order valence-electron chi connectivity index (χ2n) is 5.73. The predicted octanol–water partition coefficient (Wildman–Crippen LogP) is 4.08. The zero-order chi connectivity index (χ0) is 20.3. The maximum Gasteiger partial charge on any atom is 0.293 e. The van der Waals surface area contributed by atoms with E-state index in [1.54, 1.807) is 6.07 Å². The standard InChI is InChI=1S/C19H13ClF2N2O3S/c20-14-10-12(21)5-6-13(14)17(25)23-7-8-24-18(26)16(28-19(24)27)9-11-3-1-2-4-15(11)22/h1-6,9-10H,7-8H2,(H,23,25)/b16-9-. The van der Waals surface area contributed by atoms with Crippen molar-refractivity contribution in [3.05, 3.63) is 75.2 Å². The van der Waals surface area contributed by atoms with E-state index < -0.39 is 28.7 Å². The lowest BCUT2D eigenvalue weighted by Gasteiger charge is -2.13. The molecule has 28 heavy (non-hydrogen) atoms. The van der Waals surface area contributed by atoms with Crippen molar-refractivity contribution in [3.63, 3.8) is 0 Å². The fourth-order valence-corrected chi connectivity index (χ4v) is 3.59. The van der Waals surface area contributed by atoms with Gasteiger partial charge in [-0.3, -0.25) is 19.3 Å². The number of amides is 3. The van der Waals surface area contributed by atoms with E-state index in [1.807, 2.05) is 0 Å². The number of carbonyl (C=O) groups is 3. The SMILES string of the molecule is O=C(NCCN1C(=O)S/C(=C\c2ccccc2F)C1=O)c1ccc(F)cc1Cl. The van der Waals surface area contributed by atoms with E-state index in [9.17, 15) is 23.2 Å². The lowest BCUT2D eigenvalue weighted by Crippen LogP contribution is -2.37. The zero-order valence-electron chi connectivity index (χ0n) is 14.2. The average molecular weight is 423 g/mol. The van der Waals surface area contributed by atoms with E-state index in [1.165, 1.54) is 30.3 Å². The smallest absolute Gasteiger partial charge is 0.293 e. The van der Waals surface area contributed by atoms with Gasteiger partial charge in [0.1, 0.15) is 11.6 Å². The van der Waals surface area contributed by atoms with E-state index in [0.717, 1.165) is 17.0 Å². The molecule has 2 aromatic rings. The van der Waals surface area contributed by atoms with Gasteiger partial charge in [-0.2, -0.15) is 0 Å². The summed E-state index contributed by atoms with van der Waals surface area (Å²) in [4.78, 5) is 37.6. The molecule has 1 heterocycles. The topological polar surface area (TPSA) is 66.5 Å². The van der Waals surface area contributed by atoms with Crippen LogP contribution in [0.1, 0.15) is 15.9 Å². The molecule has 1 saturated heterocycles. The second-order valence-corrected chi connectivity index (χ2v) is 7.14. The van der Waals surface area contributed by atoms with Crippen molar-refractivity contribution >= 4 is 46.5 Å². The molecule has 0 aliphatic carbocycles. The molecule has 1 aliphatic heterocycles. The molecule has 0 unspecified atom stereocenters. The van der Waals surface area contributed by atoms with E-state index in [4.69, 9.17) is 11.6 Å². The quantitative estimate of drug-likeness (QED) is 0.737. The van der Waals surface area contributed by atoms with Crippen molar-refractivity contribution in [2.75, 3.05) is 13.1 Å². The summed E-state index contributed by atoms with van der Waals surface area (Å²) in [5.41, 5.74) is 0.281. The molecule has 5 nitrogen and oxygen atoms in total. The van der Waals surface area contributed by atoms with Crippen LogP contribution >= 0.6 is 23.4 Å². The number of thioether (sulfide) groups is 1. The summed E-state index contributed by atoms with van der Waals surface area (Å²) in [7, 11) is 0. The highest BCUT2D eigenvalue weighted by atomic mass is 35.5. The summed E-state index contributed by atoms with van der Waals surface area (Å²) in [5, 5.41) is 1.96. The number of imide groups is 1. The summed E-state index contributed by atoms with van der Waals surface area (Å²) in [5.74, 6) is -2.19. The van der Waals surface area contributed by atoms with E-state index in [2.05, 4.69) is 5.32 Å². The highest BCUT2D eigenvalue weighted by Crippen LogP contribution is 2.32. The summed E-state index contributed by atoms with van der Waals surface area (Å²) < 4.78 is 26.8. The number of hydrogen-bond donors (Lipinski definition) is 1. The molecule has 1 aliphatic rings. The molecular formula is C19H13ClF2N2O3S. The van der Waals surface area contributed by atoms with Crippen LogP contribution in [-0.2, 0) is 4.79 Å². The Morgan fingerprint density at radius 2 is 1.93 bits per heavy atom. The Bertz CT molecular complexity index is 997.